The number of amides is 1. The fourth-order valence-corrected chi connectivity index (χ4v) is 3.37. The van der Waals surface area contributed by atoms with E-state index < -0.39 is 0 Å². The molecule has 0 bridgehead atoms. The third-order valence-electron chi connectivity index (χ3n) is 4.00. The summed E-state index contributed by atoms with van der Waals surface area (Å²) in [5.41, 5.74) is 9.08. The van der Waals surface area contributed by atoms with Crippen LogP contribution in [0.25, 0.3) is 11.1 Å². The van der Waals surface area contributed by atoms with Gasteiger partial charge in [-0.1, -0.05) is 29.8 Å². The van der Waals surface area contributed by atoms with Crippen LogP contribution in [0.15, 0.2) is 35.7 Å². The molecule has 1 heterocycles. The minimum atomic E-state index is 0.00271. The third-order valence-corrected chi connectivity index (χ3v) is 4.91. The van der Waals surface area contributed by atoms with Crippen molar-refractivity contribution in [3.8, 4) is 11.1 Å². The van der Waals surface area contributed by atoms with Crippen molar-refractivity contribution >= 4 is 17.2 Å². The molecule has 1 aliphatic carbocycles. The Bertz CT molecular complexity index is 628. The Morgan fingerprint density at radius 3 is 2.67 bits per heavy atom. The highest BCUT2D eigenvalue weighted by molar-refractivity contribution is 7.12. The molecule has 1 unspecified atom stereocenters. The van der Waals surface area contributed by atoms with Crippen LogP contribution in [0, 0.1) is 12.8 Å². The summed E-state index contributed by atoms with van der Waals surface area (Å²) in [6.07, 6.45) is 2.36. The summed E-state index contributed by atoms with van der Waals surface area (Å²) in [7, 11) is 0. The van der Waals surface area contributed by atoms with Gasteiger partial charge in [0, 0.05) is 18.2 Å². The van der Waals surface area contributed by atoms with Gasteiger partial charge in [0.1, 0.15) is 0 Å². The first-order chi connectivity index (χ1) is 10.2. The van der Waals surface area contributed by atoms with Crippen molar-refractivity contribution in [3.63, 3.8) is 0 Å². The van der Waals surface area contributed by atoms with Crippen LogP contribution in [0.2, 0.25) is 0 Å². The van der Waals surface area contributed by atoms with E-state index in [0.29, 0.717) is 12.5 Å². The SMILES string of the molecule is Cc1ccc(-c2ccsc2C(=O)NC(CN)C2CC2)cc1. The van der Waals surface area contributed by atoms with Gasteiger partial charge >= 0.3 is 0 Å². The lowest BCUT2D eigenvalue weighted by Gasteiger charge is -2.16. The van der Waals surface area contributed by atoms with Gasteiger partial charge in [-0.3, -0.25) is 4.79 Å². The van der Waals surface area contributed by atoms with Crippen molar-refractivity contribution < 1.29 is 4.79 Å². The van der Waals surface area contributed by atoms with E-state index in [-0.39, 0.29) is 11.9 Å². The minimum absolute atomic E-state index is 0.00271. The van der Waals surface area contributed by atoms with Crippen molar-refractivity contribution in [1.29, 1.82) is 0 Å². The van der Waals surface area contributed by atoms with Gasteiger partial charge in [0.25, 0.3) is 5.91 Å². The number of nitrogens with one attached hydrogen (secondary N) is 1. The van der Waals surface area contributed by atoms with Gasteiger partial charge in [-0.25, -0.2) is 0 Å². The van der Waals surface area contributed by atoms with Crippen LogP contribution in [0.4, 0.5) is 0 Å². The summed E-state index contributed by atoms with van der Waals surface area (Å²) < 4.78 is 0. The molecule has 1 aromatic carbocycles. The topological polar surface area (TPSA) is 55.1 Å². The predicted octanol–water partition coefficient (Wildman–Crippen LogP) is 3.19. The Morgan fingerprint density at radius 1 is 1.33 bits per heavy atom. The van der Waals surface area contributed by atoms with Crippen LogP contribution in [-0.4, -0.2) is 18.5 Å². The van der Waals surface area contributed by atoms with Crippen molar-refractivity contribution in [1.82, 2.24) is 5.32 Å². The zero-order valence-electron chi connectivity index (χ0n) is 12.1. The molecule has 1 amide bonds. The van der Waals surface area contributed by atoms with Gasteiger partial charge in [0.05, 0.1) is 4.88 Å². The molecule has 3 rings (SSSR count). The molecule has 0 aliphatic heterocycles. The zero-order chi connectivity index (χ0) is 14.8. The molecule has 1 aromatic heterocycles. The highest BCUT2D eigenvalue weighted by atomic mass is 32.1. The van der Waals surface area contributed by atoms with E-state index in [0.717, 1.165) is 16.0 Å². The van der Waals surface area contributed by atoms with E-state index in [2.05, 4.69) is 36.5 Å². The quantitative estimate of drug-likeness (QED) is 0.891. The largest absolute Gasteiger partial charge is 0.347 e. The molecule has 2 aromatic rings. The van der Waals surface area contributed by atoms with Crippen LogP contribution >= 0.6 is 11.3 Å². The van der Waals surface area contributed by atoms with Gasteiger partial charge in [-0.05, 0) is 42.7 Å². The molecule has 0 saturated heterocycles. The second-order valence-electron chi connectivity index (χ2n) is 5.68. The zero-order valence-corrected chi connectivity index (χ0v) is 13.0. The summed E-state index contributed by atoms with van der Waals surface area (Å²) in [4.78, 5) is 13.3. The van der Waals surface area contributed by atoms with E-state index in [9.17, 15) is 4.79 Å². The molecule has 0 spiro atoms. The highest BCUT2D eigenvalue weighted by Gasteiger charge is 2.32. The van der Waals surface area contributed by atoms with Crippen LogP contribution in [0.5, 0.6) is 0 Å². The molecular weight excluding hydrogens is 280 g/mol. The van der Waals surface area contributed by atoms with E-state index in [1.54, 1.807) is 0 Å². The highest BCUT2D eigenvalue weighted by Crippen LogP contribution is 2.33. The molecule has 1 saturated carbocycles. The Morgan fingerprint density at radius 2 is 2.05 bits per heavy atom. The fraction of sp³-hybridized carbons (Fsp3) is 0.353. The summed E-state index contributed by atoms with van der Waals surface area (Å²) in [5, 5.41) is 5.07. The van der Waals surface area contributed by atoms with E-state index in [4.69, 9.17) is 5.73 Å². The molecule has 3 N–H and O–H groups in total. The average molecular weight is 300 g/mol. The second-order valence-corrected chi connectivity index (χ2v) is 6.60. The summed E-state index contributed by atoms with van der Waals surface area (Å²) in [5.74, 6) is 0.574. The molecule has 1 fully saturated rings. The monoisotopic (exact) mass is 300 g/mol. The van der Waals surface area contributed by atoms with Crippen LogP contribution < -0.4 is 11.1 Å². The lowest BCUT2D eigenvalue weighted by Crippen LogP contribution is -2.41. The third kappa shape index (κ3) is 3.17. The maximum atomic E-state index is 12.5. The van der Waals surface area contributed by atoms with Crippen molar-refractivity contribution in [2.24, 2.45) is 11.7 Å². The molecular formula is C17H20N2OS. The number of aryl methyl sites for hydroxylation is 1. The maximum Gasteiger partial charge on any atom is 0.262 e. The molecule has 0 radical (unpaired) electrons. The molecule has 1 atom stereocenters. The van der Waals surface area contributed by atoms with Crippen molar-refractivity contribution in [2.45, 2.75) is 25.8 Å². The van der Waals surface area contributed by atoms with Crippen LogP contribution in [0.1, 0.15) is 28.1 Å². The summed E-state index contributed by atoms with van der Waals surface area (Å²) in [6, 6.07) is 10.4. The smallest absolute Gasteiger partial charge is 0.262 e. The minimum Gasteiger partial charge on any atom is -0.347 e. The molecule has 4 heteroatoms. The lowest BCUT2D eigenvalue weighted by molar-refractivity contribution is 0.0938. The molecule has 3 nitrogen and oxygen atoms in total. The first-order valence-electron chi connectivity index (χ1n) is 7.34. The Hall–Kier alpha value is -1.65. The van der Waals surface area contributed by atoms with E-state index in [1.807, 2.05) is 11.4 Å². The van der Waals surface area contributed by atoms with Gasteiger partial charge in [0.15, 0.2) is 0 Å². The molecule has 110 valence electrons. The number of carbonyl (C=O) groups excluding carboxylic acids is 1. The van der Waals surface area contributed by atoms with E-state index in [1.165, 1.54) is 29.7 Å². The number of hydrogen-bond donors (Lipinski definition) is 2. The van der Waals surface area contributed by atoms with Crippen molar-refractivity contribution in [2.75, 3.05) is 6.54 Å². The second kappa shape index (κ2) is 6.00. The average Bonchev–Trinajstić information content (AvgIpc) is 3.21. The Labute approximate surface area is 129 Å². The van der Waals surface area contributed by atoms with E-state index >= 15 is 0 Å². The summed E-state index contributed by atoms with van der Waals surface area (Å²) in [6.45, 7) is 2.58. The Kier molecular flexibility index (Phi) is 4.08. The van der Waals surface area contributed by atoms with Crippen LogP contribution in [0.3, 0.4) is 0 Å². The maximum absolute atomic E-state index is 12.5. The van der Waals surface area contributed by atoms with Gasteiger partial charge in [-0.15, -0.1) is 11.3 Å². The molecule has 1 aliphatic rings. The number of carbonyl (C=O) groups is 1. The number of nitrogens with two attached hydrogens (primary N) is 1. The number of thiophene rings is 1. The van der Waals surface area contributed by atoms with Gasteiger partial charge < -0.3 is 11.1 Å². The van der Waals surface area contributed by atoms with Gasteiger partial charge in [0.2, 0.25) is 0 Å². The lowest BCUT2D eigenvalue weighted by atomic mass is 10.0. The summed E-state index contributed by atoms with van der Waals surface area (Å²) >= 11 is 1.49. The van der Waals surface area contributed by atoms with Gasteiger partial charge in [-0.2, -0.15) is 0 Å². The number of rotatable bonds is 5. The van der Waals surface area contributed by atoms with Crippen LogP contribution in [-0.2, 0) is 0 Å². The first kappa shape index (κ1) is 14.3. The first-order valence-corrected chi connectivity index (χ1v) is 8.22. The number of benzene rings is 1. The number of hydrogen-bond acceptors (Lipinski definition) is 3. The van der Waals surface area contributed by atoms with Crippen molar-refractivity contribution in [3.05, 3.63) is 46.2 Å². The predicted molar refractivity (Wildman–Crippen MR) is 87.5 cm³/mol. The normalized spacial score (nSPS) is 15.7. The standard InChI is InChI=1S/C17H20N2OS/c1-11-2-4-12(5-3-11)14-8-9-21-16(14)17(20)19-15(10-18)13-6-7-13/h2-5,8-9,13,15H,6-7,10,18H2,1H3,(H,19,20). The Balaban J connectivity index is 1.81. The molecule has 21 heavy (non-hydrogen) atoms. The fourth-order valence-electron chi connectivity index (χ4n) is 2.55.